The lowest BCUT2D eigenvalue weighted by Crippen LogP contribution is -2.16. The molecule has 0 spiro atoms. The number of aromatic nitrogens is 2. The third-order valence-corrected chi connectivity index (χ3v) is 2.57. The van der Waals surface area contributed by atoms with E-state index in [4.69, 9.17) is 11.0 Å². The molecule has 100 valence electrons. The molecule has 20 heavy (non-hydrogen) atoms. The number of carbonyl (C=O) groups is 2. The third kappa shape index (κ3) is 2.49. The van der Waals surface area contributed by atoms with Gasteiger partial charge in [0.15, 0.2) is 0 Å². The molecule has 0 aliphatic rings. The van der Waals surface area contributed by atoms with Crippen LogP contribution in [0.25, 0.3) is 0 Å². The van der Waals surface area contributed by atoms with Crippen LogP contribution in [-0.4, -0.2) is 21.6 Å². The molecular weight excluding hydrogens is 258 g/mol. The Balaban J connectivity index is 2.27. The Labute approximate surface area is 114 Å². The number of carbonyl (C=O) groups excluding carboxylic acids is 2. The summed E-state index contributed by atoms with van der Waals surface area (Å²) in [7, 11) is 0. The van der Waals surface area contributed by atoms with Gasteiger partial charge in [-0.15, -0.1) is 0 Å². The molecule has 1 aromatic carbocycles. The normalized spacial score (nSPS) is 9.80. The zero-order chi connectivity index (χ0) is 14.7. The molecule has 7 nitrogen and oxygen atoms in total. The zero-order valence-electron chi connectivity index (χ0n) is 10.6. The first kappa shape index (κ1) is 13.3. The second kappa shape index (κ2) is 5.24. The summed E-state index contributed by atoms with van der Waals surface area (Å²) in [6, 6.07) is 8.12. The van der Waals surface area contributed by atoms with Crippen molar-refractivity contribution in [1.29, 1.82) is 5.26 Å². The summed E-state index contributed by atoms with van der Waals surface area (Å²) in [4.78, 5) is 23.0. The Morgan fingerprint density at radius 2 is 2.00 bits per heavy atom. The highest BCUT2D eigenvalue weighted by molar-refractivity contribution is 5.98. The van der Waals surface area contributed by atoms with E-state index in [0.717, 1.165) is 4.68 Å². The van der Waals surface area contributed by atoms with Gasteiger partial charge in [0.2, 0.25) is 5.91 Å². The molecule has 7 heteroatoms. The smallest absolute Gasteiger partial charge is 0.280 e. The number of nitriles is 1. The van der Waals surface area contributed by atoms with Crippen LogP contribution < -0.4 is 11.1 Å². The molecule has 1 amide bonds. The molecule has 2 rings (SSSR count). The first-order valence-corrected chi connectivity index (χ1v) is 5.69. The van der Waals surface area contributed by atoms with Crippen molar-refractivity contribution in [3.63, 3.8) is 0 Å². The van der Waals surface area contributed by atoms with Gasteiger partial charge in [0.05, 0.1) is 6.20 Å². The van der Waals surface area contributed by atoms with Crippen molar-refractivity contribution in [2.75, 3.05) is 11.1 Å². The lowest BCUT2D eigenvalue weighted by molar-refractivity contribution is -0.114. The van der Waals surface area contributed by atoms with Crippen LogP contribution >= 0.6 is 0 Å². The van der Waals surface area contributed by atoms with Crippen LogP contribution in [0.2, 0.25) is 0 Å². The maximum Gasteiger partial charge on any atom is 0.280 e. The number of benzene rings is 1. The van der Waals surface area contributed by atoms with Crippen molar-refractivity contribution in [3.05, 3.63) is 41.6 Å². The minimum absolute atomic E-state index is 0.00318. The molecule has 0 saturated carbocycles. The van der Waals surface area contributed by atoms with Gasteiger partial charge in [-0.1, -0.05) is 0 Å². The number of nitrogens with two attached hydrogens (primary N) is 1. The molecule has 0 unspecified atom stereocenters. The third-order valence-electron chi connectivity index (χ3n) is 2.57. The van der Waals surface area contributed by atoms with Crippen molar-refractivity contribution in [1.82, 2.24) is 9.78 Å². The first-order valence-electron chi connectivity index (χ1n) is 5.69. The predicted octanol–water partition coefficient (Wildman–Crippen LogP) is 0.984. The minimum atomic E-state index is -0.446. The Morgan fingerprint density at radius 3 is 2.50 bits per heavy atom. The van der Waals surface area contributed by atoms with Crippen molar-refractivity contribution >= 4 is 23.3 Å². The van der Waals surface area contributed by atoms with E-state index in [2.05, 4.69) is 10.4 Å². The summed E-state index contributed by atoms with van der Waals surface area (Å²) in [6.07, 6.45) is 1.24. The molecule has 0 fully saturated rings. The number of anilines is 2. The number of nitrogen functional groups attached to an aromatic ring is 1. The average molecular weight is 269 g/mol. The Bertz CT molecular complexity index is 709. The Kier molecular flexibility index (Phi) is 3.48. The quantitative estimate of drug-likeness (QED) is 0.843. The summed E-state index contributed by atoms with van der Waals surface area (Å²) < 4.78 is 0.964. The topological polar surface area (TPSA) is 114 Å². The van der Waals surface area contributed by atoms with E-state index in [1.54, 1.807) is 24.3 Å². The molecule has 0 aliphatic carbocycles. The Hall–Kier alpha value is -3.14. The number of nitrogens with zero attached hydrogens (tertiary/aromatic N) is 3. The molecule has 3 N–H and O–H groups in total. The van der Waals surface area contributed by atoms with Gasteiger partial charge >= 0.3 is 0 Å². The molecule has 1 heterocycles. The number of nitrogens with one attached hydrogen (secondary N) is 1. The van der Waals surface area contributed by atoms with Gasteiger partial charge in [-0.3, -0.25) is 9.59 Å². The highest BCUT2D eigenvalue weighted by atomic mass is 16.2. The van der Waals surface area contributed by atoms with E-state index in [-0.39, 0.29) is 17.3 Å². The van der Waals surface area contributed by atoms with Gasteiger partial charge in [0.1, 0.15) is 17.5 Å². The standard InChI is InChI=1S/C13H11N5O2/c1-8(19)17-11-4-2-9(3-5-11)13(20)18-12(15)10(6-14)7-16-18/h2-5,7H,15H2,1H3,(H,17,19). The van der Waals surface area contributed by atoms with E-state index in [0.29, 0.717) is 11.3 Å². The van der Waals surface area contributed by atoms with Gasteiger partial charge in [-0.05, 0) is 24.3 Å². The molecule has 0 atom stereocenters. The largest absolute Gasteiger partial charge is 0.382 e. The second-order valence-electron chi connectivity index (χ2n) is 4.03. The summed E-state index contributed by atoms with van der Waals surface area (Å²) in [5.74, 6) is -0.638. The maximum atomic E-state index is 12.2. The monoisotopic (exact) mass is 269 g/mol. The molecule has 0 aliphatic heterocycles. The van der Waals surface area contributed by atoms with E-state index in [1.165, 1.54) is 13.1 Å². The summed E-state index contributed by atoms with van der Waals surface area (Å²) in [5, 5.41) is 15.1. The van der Waals surface area contributed by atoms with Gasteiger partial charge in [-0.25, -0.2) is 0 Å². The van der Waals surface area contributed by atoms with Crippen LogP contribution in [0.4, 0.5) is 11.5 Å². The van der Waals surface area contributed by atoms with Crippen LogP contribution in [0.3, 0.4) is 0 Å². The predicted molar refractivity (Wildman–Crippen MR) is 71.8 cm³/mol. The van der Waals surface area contributed by atoms with Gasteiger partial charge < -0.3 is 11.1 Å². The van der Waals surface area contributed by atoms with Crippen molar-refractivity contribution < 1.29 is 9.59 Å². The lowest BCUT2D eigenvalue weighted by atomic mass is 10.2. The van der Waals surface area contributed by atoms with Crippen LogP contribution in [0, 0.1) is 11.3 Å². The maximum absolute atomic E-state index is 12.2. The lowest BCUT2D eigenvalue weighted by Gasteiger charge is -2.05. The minimum Gasteiger partial charge on any atom is -0.382 e. The number of amides is 1. The zero-order valence-corrected chi connectivity index (χ0v) is 10.6. The van der Waals surface area contributed by atoms with Crippen molar-refractivity contribution in [2.45, 2.75) is 6.92 Å². The highest BCUT2D eigenvalue weighted by Crippen LogP contribution is 2.14. The van der Waals surface area contributed by atoms with Gasteiger partial charge in [-0.2, -0.15) is 15.0 Å². The van der Waals surface area contributed by atoms with Crippen LogP contribution in [0.15, 0.2) is 30.5 Å². The first-order chi connectivity index (χ1) is 9.52. The van der Waals surface area contributed by atoms with E-state index in [9.17, 15) is 9.59 Å². The fourth-order valence-corrected chi connectivity index (χ4v) is 1.63. The van der Waals surface area contributed by atoms with Crippen molar-refractivity contribution in [3.8, 4) is 6.07 Å². The van der Waals surface area contributed by atoms with E-state index in [1.807, 2.05) is 6.07 Å². The number of hydrogen-bond acceptors (Lipinski definition) is 5. The van der Waals surface area contributed by atoms with E-state index >= 15 is 0 Å². The molecule has 1 aromatic heterocycles. The van der Waals surface area contributed by atoms with Crippen molar-refractivity contribution in [2.24, 2.45) is 0 Å². The molecule has 0 radical (unpaired) electrons. The summed E-state index contributed by atoms with van der Waals surface area (Å²) >= 11 is 0. The fraction of sp³-hybridized carbons (Fsp3) is 0.0769. The summed E-state index contributed by atoms with van der Waals surface area (Å²) in [5.41, 5.74) is 6.72. The second-order valence-corrected chi connectivity index (χ2v) is 4.03. The van der Waals surface area contributed by atoms with E-state index < -0.39 is 5.91 Å². The SMILES string of the molecule is CC(=O)Nc1ccc(C(=O)n2ncc(C#N)c2N)cc1. The van der Waals surface area contributed by atoms with Crippen LogP contribution in [0.5, 0.6) is 0 Å². The van der Waals surface area contributed by atoms with Gasteiger partial charge in [0.25, 0.3) is 5.91 Å². The fourth-order valence-electron chi connectivity index (χ4n) is 1.63. The van der Waals surface area contributed by atoms with Crippen LogP contribution in [-0.2, 0) is 4.79 Å². The molecular formula is C13H11N5O2. The number of rotatable bonds is 2. The molecule has 0 saturated heterocycles. The van der Waals surface area contributed by atoms with Crippen LogP contribution in [0.1, 0.15) is 22.8 Å². The Morgan fingerprint density at radius 1 is 1.35 bits per heavy atom. The van der Waals surface area contributed by atoms with Gasteiger partial charge in [0, 0.05) is 18.2 Å². The number of hydrogen-bond donors (Lipinski definition) is 2. The average Bonchev–Trinajstić information content (AvgIpc) is 2.79. The highest BCUT2D eigenvalue weighted by Gasteiger charge is 2.15. The molecule has 0 bridgehead atoms. The summed E-state index contributed by atoms with van der Waals surface area (Å²) in [6.45, 7) is 1.40. The molecule has 2 aromatic rings.